The number of carbonyl (C=O) groups excluding carboxylic acids is 3. The number of carboxylic acid groups (broad SMARTS) is 1. The lowest BCUT2D eigenvalue weighted by molar-refractivity contribution is -0.870. The van der Waals surface area contributed by atoms with Gasteiger partial charge in [0.1, 0.15) is 13.2 Å². The van der Waals surface area contributed by atoms with E-state index < -0.39 is 24.3 Å². The van der Waals surface area contributed by atoms with Crippen LogP contribution in [0.2, 0.25) is 0 Å². The molecule has 0 aliphatic heterocycles. The van der Waals surface area contributed by atoms with Crippen LogP contribution in [-0.4, -0.2) is 82.3 Å². The van der Waals surface area contributed by atoms with Gasteiger partial charge in [-0.3, -0.25) is 9.59 Å². The van der Waals surface area contributed by atoms with Gasteiger partial charge in [0.05, 0.1) is 40.3 Å². The minimum Gasteiger partial charge on any atom is -0.545 e. The lowest BCUT2D eigenvalue weighted by atomic mass is 10.0. The summed E-state index contributed by atoms with van der Waals surface area (Å²) < 4.78 is 22.7. The summed E-state index contributed by atoms with van der Waals surface area (Å²) in [6.45, 7) is 4.60. The highest BCUT2D eigenvalue weighted by Crippen LogP contribution is 2.16. The molecule has 0 aromatic heterocycles. The summed E-state index contributed by atoms with van der Waals surface area (Å²) in [5.74, 6) is -2.33. The molecule has 9 nitrogen and oxygen atoms in total. The zero-order valence-electron chi connectivity index (χ0n) is 48.9. The van der Waals surface area contributed by atoms with Gasteiger partial charge in [0.15, 0.2) is 12.4 Å². The molecule has 0 spiro atoms. The van der Waals surface area contributed by atoms with E-state index in [4.69, 9.17) is 18.9 Å². The number of allylic oxidation sites excluding steroid dienone is 16. The number of hydrogen-bond donors (Lipinski definition) is 0. The Hall–Kier alpha value is -3.79. The maximum Gasteiger partial charge on any atom is 0.306 e. The van der Waals surface area contributed by atoms with Crippen LogP contribution in [0, 0.1) is 0 Å². The van der Waals surface area contributed by atoms with Gasteiger partial charge in [-0.2, -0.15) is 0 Å². The summed E-state index contributed by atoms with van der Waals surface area (Å²) in [5, 5.41) is 11.8. The molecule has 0 heterocycles. The summed E-state index contributed by atoms with van der Waals surface area (Å²) >= 11 is 0. The Morgan fingerprint density at radius 2 is 0.760 bits per heavy atom. The molecule has 0 aromatic rings. The summed E-state index contributed by atoms with van der Waals surface area (Å²) in [6.07, 6.45) is 73.2. The van der Waals surface area contributed by atoms with Crippen molar-refractivity contribution in [2.75, 3.05) is 47.5 Å². The highest BCUT2D eigenvalue weighted by atomic mass is 16.7. The minimum absolute atomic E-state index is 0.136. The third-order valence-electron chi connectivity index (χ3n) is 12.8. The van der Waals surface area contributed by atoms with Gasteiger partial charge < -0.3 is 33.3 Å². The molecule has 0 aromatic carbocycles. The van der Waals surface area contributed by atoms with Crippen LogP contribution in [0.5, 0.6) is 0 Å². The number of esters is 2. The normalized spacial score (nSPS) is 13.5. The zero-order chi connectivity index (χ0) is 54.8. The van der Waals surface area contributed by atoms with Gasteiger partial charge in [-0.25, -0.2) is 0 Å². The third kappa shape index (κ3) is 57.7. The van der Waals surface area contributed by atoms with Crippen molar-refractivity contribution in [1.29, 1.82) is 0 Å². The van der Waals surface area contributed by atoms with Gasteiger partial charge in [0.2, 0.25) is 0 Å². The van der Waals surface area contributed by atoms with Crippen LogP contribution in [0.3, 0.4) is 0 Å². The van der Waals surface area contributed by atoms with Crippen LogP contribution in [0.25, 0.3) is 0 Å². The van der Waals surface area contributed by atoms with Crippen LogP contribution in [0.1, 0.15) is 245 Å². The summed E-state index contributed by atoms with van der Waals surface area (Å²) in [4.78, 5) is 37.3. The van der Waals surface area contributed by atoms with E-state index in [0.717, 1.165) is 83.5 Å². The number of nitrogens with zero attached hydrogens (tertiary/aromatic N) is 1. The monoisotopic (exact) mass is 1050 g/mol. The summed E-state index contributed by atoms with van der Waals surface area (Å²) in [7, 11) is 5.91. The number of hydrogen-bond acceptors (Lipinski definition) is 8. The Bertz CT molecular complexity index is 1550. The van der Waals surface area contributed by atoms with E-state index in [0.29, 0.717) is 17.4 Å². The molecule has 2 unspecified atom stereocenters. The number of aliphatic carboxylic acids is 1. The second-order valence-corrected chi connectivity index (χ2v) is 21.3. The van der Waals surface area contributed by atoms with E-state index in [-0.39, 0.29) is 38.6 Å². The largest absolute Gasteiger partial charge is 0.545 e. The first-order valence-corrected chi connectivity index (χ1v) is 30.4. The van der Waals surface area contributed by atoms with Crippen molar-refractivity contribution >= 4 is 17.9 Å². The van der Waals surface area contributed by atoms with E-state index >= 15 is 0 Å². The number of ether oxygens (including phenoxy) is 4. The molecule has 2 atom stereocenters. The molecule has 0 aliphatic rings. The van der Waals surface area contributed by atoms with E-state index in [1.54, 1.807) is 0 Å². The van der Waals surface area contributed by atoms with Gasteiger partial charge >= 0.3 is 11.9 Å². The smallest absolute Gasteiger partial charge is 0.306 e. The summed E-state index contributed by atoms with van der Waals surface area (Å²) in [6, 6.07) is 0. The van der Waals surface area contributed by atoms with Gasteiger partial charge in [0.25, 0.3) is 0 Å². The van der Waals surface area contributed by atoms with E-state index in [1.807, 2.05) is 21.1 Å². The topological polar surface area (TPSA) is 111 Å². The van der Waals surface area contributed by atoms with Crippen molar-refractivity contribution in [3.05, 3.63) is 97.2 Å². The molecule has 0 radical (unpaired) electrons. The molecule has 0 rings (SSSR count). The van der Waals surface area contributed by atoms with Crippen molar-refractivity contribution in [3.63, 3.8) is 0 Å². The fraction of sp³-hybridized carbons (Fsp3) is 0.712. The zero-order valence-corrected chi connectivity index (χ0v) is 48.9. The Morgan fingerprint density at radius 3 is 1.16 bits per heavy atom. The SMILES string of the molecule is CC/C=C\C/C=C\C/C=C\C/C=C\C/C=C\C/C=C\C/C=C\CCCCCC(=O)OC(COC(=O)CCCCCCCCCCCCCCC/C=C\CCCCCCCCCC)COC(OCC[N+](C)(C)C)C(=O)[O-]. The average molecular weight is 1050 g/mol. The Balaban J connectivity index is 4.30. The number of unbranched alkanes of at least 4 members (excludes halogenated alkanes) is 24. The minimum atomic E-state index is -1.64. The average Bonchev–Trinajstić information content (AvgIpc) is 3.38. The number of likely N-dealkylation sites (N-methyl/N-ethyl adjacent to an activating group) is 1. The second-order valence-electron chi connectivity index (χ2n) is 21.3. The van der Waals surface area contributed by atoms with Gasteiger partial charge in [0, 0.05) is 12.8 Å². The molecular weight excluding hydrogens is 935 g/mol. The lowest BCUT2D eigenvalue weighted by Crippen LogP contribution is -2.44. The lowest BCUT2D eigenvalue weighted by Gasteiger charge is -2.26. The maximum atomic E-state index is 12.9. The van der Waals surface area contributed by atoms with Crippen molar-refractivity contribution < 1.29 is 42.9 Å². The van der Waals surface area contributed by atoms with E-state index in [9.17, 15) is 19.5 Å². The predicted octanol–water partition coefficient (Wildman–Crippen LogP) is 16.8. The molecule has 430 valence electrons. The second kappa shape index (κ2) is 56.4. The Kier molecular flexibility index (Phi) is 53.6. The van der Waals surface area contributed by atoms with Crippen LogP contribution in [-0.2, 0) is 33.3 Å². The standard InChI is InChI=1S/C66H113NO8/c1-6-8-10-12-14-16-18-20-22-24-26-28-30-32-34-36-38-40-42-44-46-48-50-52-54-56-63(68)73-60-62(61-74-66(65(70)71)72-59-58-67(3,4)5)75-64(69)57-55-53-51-49-47-45-43-41-39-37-35-33-31-29-27-25-23-21-19-17-15-13-11-9-7-2/h9,11,15,17,21,23-24,26-27,29,33,35,39,41,45,47,62,66H,6-8,10,12-14,16,18-20,22,25,28,30-32,34,36-38,40,42-44,46,48-61H2,1-5H3/b11-9-,17-15-,23-21-,26-24-,29-27-,35-33-,41-39-,47-45-. The van der Waals surface area contributed by atoms with E-state index in [1.165, 1.54) is 128 Å². The maximum absolute atomic E-state index is 12.9. The number of rotatable bonds is 55. The molecule has 0 saturated carbocycles. The van der Waals surface area contributed by atoms with Crippen LogP contribution >= 0.6 is 0 Å². The molecule has 0 fully saturated rings. The fourth-order valence-electron chi connectivity index (χ4n) is 8.16. The number of carbonyl (C=O) groups is 3. The van der Waals surface area contributed by atoms with Crippen molar-refractivity contribution in [1.82, 2.24) is 0 Å². The van der Waals surface area contributed by atoms with E-state index in [2.05, 4.69) is 111 Å². The predicted molar refractivity (Wildman–Crippen MR) is 315 cm³/mol. The Morgan fingerprint density at radius 1 is 0.413 bits per heavy atom. The molecule has 0 bridgehead atoms. The quantitative estimate of drug-likeness (QED) is 0.0195. The van der Waals surface area contributed by atoms with Gasteiger partial charge in [-0.15, -0.1) is 0 Å². The number of carboxylic acids is 1. The van der Waals surface area contributed by atoms with Crippen LogP contribution in [0.4, 0.5) is 0 Å². The summed E-state index contributed by atoms with van der Waals surface area (Å²) in [5.41, 5.74) is 0. The molecule has 0 N–H and O–H groups in total. The van der Waals surface area contributed by atoms with Crippen molar-refractivity contribution in [3.8, 4) is 0 Å². The number of quaternary nitrogens is 1. The molecule has 0 saturated heterocycles. The van der Waals surface area contributed by atoms with Crippen LogP contribution < -0.4 is 5.11 Å². The van der Waals surface area contributed by atoms with Gasteiger partial charge in [-0.1, -0.05) is 233 Å². The van der Waals surface area contributed by atoms with Crippen molar-refractivity contribution in [2.45, 2.75) is 257 Å². The molecule has 75 heavy (non-hydrogen) atoms. The molecule has 0 amide bonds. The molecule has 0 aliphatic carbocycles. The molecular formula is C66H113NO8. The first-order chi connectivity index (χ1) is 36.6. The molecule has 9 heteroatoms. The first-order valence-electron chi connectivity index (χ1n) is 30.4. The third-order valence-corrected chi connectivity index (χ3v) is 12.8. The Labute approximate surface area is 461 Å². The highest BCUT2D eigenvalue weighted by Gasteiger charge is 2.22. The van der Waals surface area contributed by atoms with Crippen molar-refractivity contribution in [2.24, 2.45) is 0 Å². The highest BCUT2D eigenvalue weighted by molar-refractivity contribution is 5.70. The fourth-order valence-corrected chi connectivity index (χ4v) is 8.16. The van der Waals surface area contributed by atoms with Gasteiger partial charge in [-0.05, 0) is 96.3 Å². The first kappa shape index (κ1) is 71.2. The van der Waals surface area contributed by atoms with Crippen LogP contribution in [0.15, 0.2) is 97.2 Å².